The quantitative estimate of drug-likeness (QED) is 0.562. The largest absolute Gasteiger partial charge is 0.277 e. The van der Waals surface area contributed by atoms with Crippen LogP contribution in [0.3, 0.4) is 0 Å². The number of hydrogen-bond donors (Lipinski definition) is 2. The van der Waals surface area contributed by atoms with Crippen molar-refractivity contribution in [1.29, 1.82) is 0 Å². The third kappa shape index (κ3) is 3.59. The molecule has 0 aliphatic rings. The van der Waals surface area contributed by atoms with E-state index in [1.165, 1.54) is 0 Å². The molecule has 0 saturated carbocycles. The molecule has 0 fully saturated rings. The van der Waals surface area contributed by atoms with Gasteiger partial charge in [0.25, 0.3) is 11.5 Å². The first-order valence-electron chi connectivity index (χ1n) is 8.12. The van der Waals surface area contributed by atoms with E-state index in [0.717, 1.165) is 11.1 Å². The van der Waals surface area contributed by atoms with Crippen molar-refractivity contribution >= 4 is 11.6 Å². The first-order valence-corrected chi connectivity index (χ1v) is 8.12. The van der Waals surface area contributed by atoms with Crippen molar-refractivity contribution in [3.8, 4) is 0 Å². The minimum absolute atomic E-state index is 0.0155. The first-order chi connectivity index (χ1) is 12.6. The molecule has 0 saturated heterocycles. The van der Waals surface area contributed by atoms with Crippen LogP contribution in [0.4, 0.5) is 0 Å². The molecule has 26 heavy (non-hydrogen) atoms. The van der Waals surface area contributed by atoms with Gasteiger partial charge in [0, 0.05) is 11.1 Å². The van der Waals surface area contributed by atoms with Crippen LogP contribution in [0.25, 0.3) is 0 Å². The van der Waals surface area contributed by atoms with Gasteiger partial charge in [-0.05, 0) is 19.4 Å². The number of benzene rings is 2. The van der Waals surface area contributed by atoms with E-state index in [0.29, 0.717) is 17.0 Å². The van der Waals surface area contributed by atoms with E-state index in [2.05, 4.69) is 20.7 Å². The minimum atomic E-state index is -0.571. The number of rotatable bonds is 4. The zero-order valence-corrected chi connectivity index (χ0v) is 14.5. The van der Waals surface area contributed by atoms with Gasteiger partial charge < -0.3 is 0 Å². The molecule has 0 atom stereocenters. The summed E-state index contributed by atoms with van der Waals surface area (Å²) in [5.41, 5.74) is 5.42. The molecule has 1 amide bonds. The number of carbonyl (C=O) groups excluding carboxylic acids is 1. The van der Waals surface area contributed by atoms with Gasteiger partial charge in [-0.15, -0.1) is 0 Å². The summed E-state index contributed by atoms with van der Waals surface area (Å²) in [6.45, 7) is 3.41. The summed E-state index contributed by atoms with van der Waals surface area (Å²) < 4.78 is 0. The summed E-state index contributed by atoms with van der Waals surface area (Å²) in [4.78, 5) is 24.5. The Morgan fingerprint density at radius 2 is 1.50 bits per heavy atom. The summed E-state index contributed by atoms with van der Waals surface area (Å²) in [5.74, 6) is -0.571. The van der Waals surface area contributed by atoms with Crippen molar-refractivity contribution in [3.63, 3.8) is 0 Å². The summed E-state index contributed by atoms with van der Waals surface area (Å²) in [7, 11) is 0. The van der Waals surface area contributed by atoms with Crippen LogP contribution in [0.15, 0.2) is 70.6 Å². The zero-order valence-electron chi connectivity index (χ0n) is 14.5. The van der Waals surface area contributed by atoms with Gasteiger partial charge >= 0.3 is 0 Å². The molecule has 0 aliphatic carbocycles. The Labute approximate surface area is 150 Å². The lowest BCUT2D eigenvalue weighted by molar-refractivity contribution is 0.0952. The van der Waals surface area contributed by atoms with Gasteiger partial charge in [-0.25, -0.2) is 10.5 Å². The molecule has 6 heteroatoms. The number of amides is 1. The predicted molar refractivity (Wildman–Crippen MR) is 100 cm³/mol. The highest BCUT2D eigenvalue weighted by molar-refractivity contribution is 6.13. The standard InChI is InChI=1S/C20H18N4O2/c1-13-14(2)21-23-19(25)17(13)20(26)24-22-18(15-9-5-3-6-10-15)16-11-7-4-8-12-16/h3-12H,1-2H3,(H,23,25)(H,24,26). The molecule has 2 aromatic carbocycles. The Morgan fingerprint density at radius 1 is 0.962 bits per heavy atom. The number of carbonyl (C=O) groups is 1. The maximum absolute atomic E-state index is 12.5. The van der Waals surface area contributed by atoms with Crippen LogP contribution >= 0.6 is 0 Å². The fraction of sp³-hybridized carbons (Fsp3) is 0.100. The number of aromatic nitrogens is 2. The third-order valence-corrected chi connectivity index (χ3v) is 4.06. The molecule has 3 rings (SSSR count). The molecule has 0 aliphatic heterocycles. The molecular formula is C20H18N4O2. The molecular weight excluding hydrogens is 328 g/mol. The number of aryl methyl sites for hydroxylation is 1. The van der Waals surface area contributed by atoms with E-state index in [4.69, 9.17) is 0 Å². The average molecular weight is 346 g/mol. The summed E-state index contributed by atoms with van der Waals surface area (Å²) in [6, 6.07) is 19.1. The van der Waals surface area contributed by atoms with E-state index in [9.17, 15) is 9.59 Å². The Kier molecular flexibility index (Phi) is 5.03. The van der Waals surface area contributed by atoms with E-state index < -0.39 is 11.5 Å². The van der Waals surface area contributed by atoms with Crippen LogP contribution in [0.1, 0.15) is 32.7 Å². The predicted octanol–water partition coefficient (Wildman–Crippen LogP) is 2.57. The van der Waals surface area contributed by atoms with Crippen LogP contribution in [0.2, 0.25) is 0 Å². The number of H-pyrrole nitrogens is 1. The number of hydrazone groups is 1. The van der Waals surface area contributed by atoms with Crippen molar-refractivity contribution in [3.05, 3.63) is 99.0 Å². The lowest BCUT2D eigenvalue weighted by Gasteiger charge is -2.09. The molecule has 6 nitrogen and oxygen atoms in total. The van der Waals surface area contributed by atoms with Gasteiger partial charge in [-0.1, -0.05) is 60.7 Å². The van der Waals surface area contributed by atoms with Crippen LogP contribution in [-0.4, -0.2) is 21.8 Å². The summed E-state index contributed by atoms with van der Waals surface area (Å²) in [6.07, 6.45) is 0. The fourth-order valence-electron chi connectivity index (χ4n) is 2.55. The van der Waals surface area contributed by atoms with E-state index in [1.54, 1.807) is 13.8 Å². The highest BCUT2D eigenvalue weighted by Gasteiger charge is 2.16. The minimum Gasteiger partial charge on any atom is -0.267 e. The Bertz CT molecular complexity index is 967. The zero-order chi connectivity index (χ0) is 18.5. The summed E-state index contributed by atoms with van der Waals surface area (Å²) >= 11 is 0. The van der Waals surface area contributed by atoms with Crippen LogP contribution in [0.5, 0.6) is 0 Å². The highest BCUT2D eigenvalue weighted by Crippen LogP contribution is 2.11. The topological polar surface area (TPSA) is 87.2 Å². The SMILES string of the molecule is Cc1n[nH]c(=O)c(C(=O)NN=C(c2ccccc2)c2ccccc2)c1C. The third-order valence-electron chi connectivity index (χ3n) is 4.06. The molecule has 1 heterocycles. The van der Waals surface area contributed by atoms with Crippen LogP contribution in [-0.2, 0) is 0 Å². The van der Waals surface area contributed by atoms with E-state index >= 15 is 0 Å². The molecule has 2 N–H and O–H groups in total. The Hall–Kier alpha value is -3.54. The maximum atomic E-state index is 12.5. The first kappa shape index (κ1) is 17.3. The molecule has 130 valence electrons. The van der Waals surface area contributed by atoms with Crippen molar-refractivity contribution in [2.24, 2.45) is 5.10 Å². The van der Waals surface area contributed by atoms with E-state index in [-0.39, 0.29) is 5.56 Å². The van der Waals surface area contributed by atoms with Gasteiger partial charge in [0.15, 0.2) is 0 Å². The van der Waals surface area contributed by atoms with Gasteiger partial charge in [0.1, 0.15) is 5.56 Å². The van der Waals surface area contributed by atoms with Gasteiger partial charge in [-0.3, -0.25) is 9.59 Å². The molecule has 0 radical (unpaired) electrons. The second-order valence-electron chi connectivity index (χ2n) is 5.77. The number of aromatic amines is 1. The lowest BCUT2D eigenvalue weighted by Crippen LogP contribution is -2.30. The Morgan fingerprint density at radius 3 is 2.04 bits per heavy atom. The van der Waals surface area contributed by atoms with Gasteiger partial charge in [0.05, 0.1) is 11.4 Å². The lowest BCUT2D eigenvalue weighted by atomic mass is 10.0. The monoisotopic (exact) mass is 346 g/mol. The number of nitrogens with zero attached hydrogens (tertiary/aromatic N) is 2. The second kappa shape index (κ2) is 7.57. The fourth-order valence-corrected chi connectivity index (χ4v) is 2.55. The molecule has 0 unspecified atom stereocenters. The van der Waals surface area contributed by atoms with Gasteiger partial charge in [-0.2, -0.15) is 10.2 Å². The smallest absolute Gasteiger partial charge is 0.267 e. The number of nitrogens with one attached hydrogen (secondary N) is 2. The van der Waals surface area contributed by atoms with Gasteiger partial charge in [0.2, 0.25) is 0 Å². The van der Waals surface area contributed by atoms with Crippen LogP contribution < -0.4 is 11.0 Å². The van der Waals surface area contributed by atoms with Crippen molar-refractivity contribution < 1.29 is 4.79 Å². The molecule has 3 aromatic rings. The average Bonchev–Trinajstić information content (AvgIpc) is 2.67. The molecule has 0 bridgehead atoms. The van der Waals surface area contributed by atoms with Crippen molar-refractivity contribution in [2.45, 2.75) is 13.8 Å². The number of hydrogen-bond acceptors (Lipinski definition) is 4. The summed E-state index contributed by atoms with van der Waals surface area (Å²) in [5, 5.41) is 10.5. The Balaban J connectivity index is 1.99. The van der Waals surface area contributed by atoms with Crippen molar-refractivity contribution in [2.75, 3.05) is 0 Å². The maximum Gasteiger partial charge on any atom is 0.277 e. The normalized spacial score (nSPS) is 10.2. The van der Waals surface area contributed by atoms with E-state index in [1.807, 2.05) is 60.7 Å². The molecule has 1 aromatic heterocycles. The van der Waals surface area contributed by atoms with Crippen molar-refractivity contribution in [1.82, 2.24) is 15.6 Å². The highest BCUT2D eigenvalue weighted by atomic mass is 16.2. The molecule has 0 spiro atoms. The van der Waals surface area contributed by atoms with Crippen LogP contribution in [0, 0.1) is 13.8 Å². The second-order valence-corrected chi connectivity index (χ2v) is 5.77.